The summed E-state index contributed by atoms with van der Waals surface area (Å²) in [4.78, 5) is 63.0. The monoisotopic (exact) mass is 603 g/mol. The zero-order valence-electron chi connectivity index (χ0n) is 24.6. The summed E-state index contributed by atoms with van der Waals surface area (Å²) in [6, 6.07) is 15.9. The van der Waals surface area contributed by atoms with Gasteiger partial charge in [0.1, 0.15) is 18.1 Å². The third-order valence-corrected chi connectivity index (χ3v) is 6.86. The smallest absolute Gasteiger partial charge is 0.243 e. The van der Waals surface area contributed by atoms with E-state index in [1.807, 2.05) is 60.7 Å². The van der Waals surface area contributed by atoms with Crippen molar-refractivity contribution in [2.24, 2.45) is 22.2 Å². The van der Waals surface area contributed by atoms with Gasteiger partial charge in [-0.25, -0.2) is 4.98 Å². The van der Waals surface area contributed by atoms with Crippen molar-refractivity contribution in [3.63, 3.8) is 0 Å². The molecule has 13 nitrogen and oxygen atoms in total. The summed E-state index contributed by atoms with van der Waals surface area (Å²) in [5.74, 6) is -2.26. The molecule has 234 valence electrons. The summed E-state index contributed by atoms with van der Waals surface area (Å²) in [6.45, 7) is 0.256. The number of aryl methyl sites for hydroxylation is 1. The van der Waals surface area contributed by atoms with Gasteiger partial charge in [-0.15, -0.1) is 0 Å². The van der Waals surface area contributed by atoms with E-state index < -0.39 is 35.8 Å². The van der Waals surface area contributed by atoms with Gasteiger partial charge < -0.3 is 38.1 Å². The average Bonchev–Trinajstić information content (AvgIpc) is 3.52. The lowest BCUT2D eigenvalue weighted by Crippen LogP contribution is -2.57. The fraction of sp³-hybridized carbons (Fsp3) is 0.355. The van der Waals surface area contributed by atoms with Crippen LogP contribution in [0.3, 0.4) is 0 Å². The van der Waals surface area contributed by atoms with Crippen LogP contribution >= 0.6 is 0 Å². The number of hydrogen-bond acceptors (Lipinski definition) is 6. The van der Waals surface area contributed by atoms with E-state index in [4.69, 9.17) is 17.2 Å². The molecule has 10 N–H and O–H groups in total. The Hall–Kier alpha value is -5.20. The van der Waals surface area contributed by atoms with Crippen molar-refractivity contribution >= 4 is 29.6 Å². The summed E-state index contributed by atoms with van der Waals surface area (Å²) < 4.78 is 0. The predicted octanol–water partition coefficient (Wildman–Crippen LogP) is 0.211. The van der Waals surface area contributed by atoms with Crippen LogP contribution in [0.5, 0.6) is 0 Å². The number of benzene rings is 2. The van der Waals surface area contributed by atoms with Crippen molar-refractivity contribution in [1.29, 1.82) is 0 Å². The summed E-state index contributed by atoms with van der Waals surface area (Å²) >= 11 is 0. The minimum absolute atomic E-state index is 0.0803. The maximum absolute atomic E-state index is 13.6. The number of rotatable bonds is 18. The van der Waals surface area contributed by atoms with E-state index in [2.05, 4.69) is 30.9 Å². The first-order chi connectivity index (χ1) is 21.2. The number of amides is 4. The Morgan fingerprint density at radius 3 is 1.98 bits per heavy atom. The molecule has 13 heteroatoms. The third kappa shape index (κ3) is 12.0. The van der Waals surface area contributed by atoms with E-state index in [9.17, 15) is 19.2 Å². The van der Waals surface area contributed by atoms with Gasteiger partial charge in [0.15, 0.2) is 5.96 Å². The minimum atomic E-state index is -1.07. The van der Waals surface area contributed by atoms with Crippen LogP contribution in [0.1, 0.15) is 42.5 Å². The molecule has 1 aromatic heterocycles. The number of guanidine groups is 1. The molecule has 0 bridgehead atoms. The Labute approximate surface area is 256 Å². The van der Waals surface area contributed by atoms with Crippen molar-refractivity contribution < 1.29 is 19.2 Å². The second kappa shape index (κ2) is 17.7. The van der Waals surface area contributed by atoms with Gasteiger partial charge in [0, 0.05) is 37.7 Å². The number of hydrogen-bond donors (Lipinski definition) is 7. The van der Waals surface area contributed by atoms with Gasteiger partial charge >= 0.3 is 0 Å². The summed E-state index contributed by atoms with van der Waals surface area (Å²) in [7, 11) is 0. The Kier molecular flexibility index (Phi) is 13.4. The van der Waals surface area contributed by atoms with Crippen LogP contribution in [0, 0.1) is 0 Å². The molecule has 3 atom stereocenters. The molecule has 0 saturated carbocycles. The van der Waals surface area contributed by atoms with Crippen LogP contribution in [0.15, 0.2) is 78.2 Å². The average molecular weight is 604 g/mol. The summed E-state index contributed by atoms with van der Waals surface area (Å²) in [5, 5.41) is 8.26. The second-order valence-corrected chi connectivity index (χ2v) is 10.4. The number of nitrogens with one attached hydrogen (secondary N) is 4. The molecule has 0 saturated heterocycles. The highest BCUT2D eigenvalue weighted by molar-refractivity contribution is 5.94. The van der Waals surface area contributed by atoms with Crippen LogP contribution in [-0.4, -0.2) is 64.2 Å². The standard InChI is InChI=1S/C31H41N9O4/c32-28(42)24(14-8-16-36-31(33)34)39-29(43)25(17-22-11-5-2-6-12-22)40-30(44)26(18-23-19-35-20-37-23)38-27(41)15-7-13-21-9-3-1-4-10-21/h1-6,9-12,19-20,24-26H,7-8,13-18H2,(H2,32,42)(H,35,37)(H,38,41)(H,39,43)(H,40,44)(H4,33,34,36)/t24-,25-,26+/m1/s1. The molecule has 0 fully saturated rings. The van der Waals surface area contributed by atoms with Crippen LogP contribution in [-0.2, 0) is 38.4 Å². The number of carbonyl (C=O) groups is 4. The van der Waals surface area contributed by atoms with Crippen molar-refractivity contribution in [2.45, 2.75) is 63.1 Å². The number of aromatic nitrogens is 2. The van der Waals surface area contributed by atoms with E-state index in [1.165, 1.54) is 6.33 Å². The molecule has 3 rings (SSSR count). The Morgan fingerprint density at radius 1 is 0.773 bits per heavy atom. The lowest BCUT2D eigenvalue weighted by molar-refractivity contribution is -0.133. The molecule has 0 aliphatic rings. The molecule has 0 aliphatic carbocycles. The fourth-order valence-corrected chi connectivity index (χ4v) is 4.58. The molecule has 0 spiro atoms. The zero-order valence-corrected chi connectivity index (χ0v) is 24.6. The number of primary amides is 1. The normalized spacial score (nSPS) is 12.7. The van der Waals surface area contributed by atoms with E-state index in [-0.39, 0.29) is 44.1 Å². The number of nitrogens with two attached hydrogens (primary N) is 3. The number of imidazole rings is 1. The number of carbonyl (C=O) groups excluding carboxylic acids is 4. The number of nitrogens with zero attached hydrogens (tertiary/aromatic N) is 2. The van der Waals surface area contributed by atoms with Gasteiger partial charge in [0.25, 0.3) is 0 Å². The highest BCUT2D eigenvalue weighted by Gasteiger charge is 2.29. The van der Waals surface area contributed by atoms with Crippen LogP contribution in [0.2, 0.25) is 0 Å². The number of aliphatic imine (C=N–C) groups is 1. The van der Waals surface area contributed by atoms with Gasteiger partial charge in [-0.05, 0) is 36.8 Å². The van der Waals surface area contributed by atoms with E-state index >= 15 is 0 Å². The first kappa shape index (κ1) is 33.3. The molecule has 44 heavy (non-hydrogen) atoms. The fourth-order valence-electron chi connectivity index (χ4n) is 4.58. The Morgan fingerprint density at radius 2 is 1.39 bits per heavy atom. The largest absolute Gasteiger partial charge is 0.370 e. The lowest BCUT2D eigenvalue weighted by atomic mass is 10.0. The highest BCUT2D eigenvalue weighted by Crippen LogP contribution is 2.09. The summed E-state index contributed by atoms with van der Waals surface area (Å²) in [6.07, 6.45) is 5.45. The molecule has 1 heterocycles. The lowest BCUT2D eigenvalue weighted by Gasteiger charge is -2.25. The van der Waals surface area contributed by atoms with E-state index in [0.29, 0.717) is 18.5 Å². The zero-order chi connectivity index (χ0) is 31.7. The Bertz CT molecular complexity index is 1360. The molecule has 4 amide bonds. The molecule has 3 aromatic rings. The maximum Gasteiger partial charge on any atom is 0.243 e. The molecule has 0 radical (unpaired) electrons. The van der Waals surface area contributed by atoms with E-state index in [1.54, 1.807) is 6.20 Å². The molecular formula is C31H41N9O4. The molecule has 0 aliphatic heterocycles. The molecular weight excluding hydrogens is 562 g/mol. The summed E-state index contributed by atoms with van der Waals surface area (Å²) in [5.41, 5.74) is 18.8. The van der Waals surface area contributed by atoms with E-state index in [0.717, 1.165) is 17.5 Å². The van der Waals surface area contributed by atoms with Crippen LogP contribution in [0.25, 0.3) is 0 Å². The van der Waals surface area contributed by atoms with Crippen molar-refractivity contribution in [3.05, 3.63) is 90.0 Å². The third-order valence-electron chi connectivity index (χ3n) is 6.86. The predicted molar refractivity (Wildman–Crippen MR) is 167 cm³/mol. The first-order valence-corrected chi connectivity index (χ1v) is 14.5. The van der Waals surface area contributed by atoms with Gasteiger partial charge in [-0.1, -0.05) is 60.7 Å². The van der Waals surface area contributed by atoms with Gasteiger partial charge in [-0.3, -0.25) is 24.2 Å². The maximum atomic E-state index is 13.6. The first-order valence-electron chi connectivity index (χ1n) is 14.5. The van der Waals surface area contributed by atoms with Crippen LogP contribution < -0.4 is 33.2 Å². The SMILES string of the molecule is NC(=O)[C@@H](CCCN=C(N)N)NC(=O)[C@@H](Cc1ccccc1)NC(=O)[C@H](Cc1cnc[nH]1)NC(=O)CCCc1ccccc1. The van der Waals surface area contributed by atoms with Gasteiger partial charge in [0.2, 0.25) is 23.6 Å². The number of H-pyrrole nitrogens is 1. The van der Waals surface area contributed by atoms with Gasteiger partial charge in [0.05, 0.1) is 6.33 Å². The molecule has 2 aromatic carbocycles. The van der Waals surface area contributed by atoms with Crippen molar-refractivity contribution in [3.8, 4) is 0 Å². The second-order valence-electron chi connectivity index (χ2n) is 10.4. The quantitative estimate of drug-likeness (QED) is 0.0607. The minimum Gasteiger partial charge on any atom is -0.370 e. The topological polar surface area (TPSA) is 223 Å². The highest BCUT2D eigenvalue weighted by atomic mass is 16.2. The Balaban J connectivity index is 1.71. The molecule has 0 unspecified atom stereocenters. The number of aromatic amines is 1. The van der Waals surface area contributed by atoms with Crippen molar-refractivity contribution in [2.75, 3.05) is 6.54 Å². The van der Waals surface area contributed by atoms with Crippen molar-refractivity contribution in [1.82, 2.24) is 25.9 Å². The van der Waals surface area contributed by atoms with Crippen LogP contribution in [0.4, 0.5) is 0 Å². The van der Waals surface area contributed by atoms with Gasteiger partial charge in [-0.2, -0.15) is 0 Å².